The van der Waals surface area contributed by atoms with Gasteiger partial charge < -0.3 is 9.47 Å². The third-order valence-electron chi connectivity index (χ3n) is 2.06. The molecule has 0 aromatic carbocycles. The fourth-order valence-corrected chi connectivity index (χ4v) is 1.95. The molecule has 0 N–H and O–H groups in total. The smallest absolute Gasteiger partial charge is 0.163 e. The van der Waals surface area contributed by atoms with Crippen LogP contribution in [-0.4, -0.2) is 28.3 Å². The number of nitrogens with zero attached hydrogens (tertiary/aromatic N) is 2. The van der Waals surface area contributed by atoms with Gasteiger partial charge in [0.1, 0.15) is 6.10 Å². The van der Waals surface area contributed by atoms with Crippen molar-refractivity contribution in [2.75, 3.05) is 6.61 Å². The van der Waals surface area contributed by atoms with E-state index >= 15 is 0 Å². The first-order chi connectivity index (χ1) is 6.55. The molecule has 78 valence electrons. The minimum Gasteiger partial charge on any atom is -0.348 e. The summed E-state index contributed by atoms with van der Waals surface area (Å²) in [5, 5.41) is 4.20. The van der Waals surface area contributed by atoms with E-state index in [9.17, 15) is 0 Å². The van der Waals surface area contributed by atoms with Crippen molar-refractivity contribution in [3.63, 3.8) is 0 Å². The Morgan fingerprint density at radius 2 is 2.50 bits per heavy atom. The molecule has 0 radical (unpaired) electrons. The van der Waals surface area contributed by atoms with Crippen molar-refractivity contribution in [3.05, 3.63) is 16.0 Å². The number of ether oxygens (including phenoxy) is 2. The molecule has 0 aliphatic carbocycles. The molecule has 0 amide bonds. The Hall–Kier alpha value is -0.140. The second-order valence-electron chi connectivity index (χ2n) is 3.83. The lowest BCUT2D eigenvalue weighted by Crippen LogP contribution is -2.24. The topological polar surface area (TPSA) is 36.3 Å². The first-order valence-electron chi connectivity index (χ1n) is 4.55. The Kier molecular flexibility index (Phi) is 2.81. The number of rotatable bonds is 2. The maximum Gasteiger partial charge on any atom is 0.163 e. The van der Waals surface area contributed by atoms with Crippen LogP contribution < -0.4 is 0 Å². The molecule has 4 nitrogen and oxygen atoms in total. The summed E-state index contributed by atoms with van der Waals surface area (Å²) >= 11 is 2.24. The lowest BCUT2D eigenvalue weighted by Gasteiger charge is -2.16. The molecule has 1 saturated heterocycles. The zero-order chi connectivity index (χ0) is 10.2. The second kappa shape index (κ2) is 3.79. The highest BCUT2D eigenvalue weighted by Gasteiger charge is 2.32. The van der Waals surface area contributed by atoms with Crippen molar-refractivity contribution in [1.82, 2.24) is 9.78 Å². The molecular formula is C9H13IN2O2. The van der Waals surface area contributed by atoms with Crippen LogP contribution in [0.5, 0.6) is 0 Å². The van der Waals surface area contributed by atoms with Crippen molar-refractivity contribution in [2.24, 2.45) is 0 Å². The van der Waals surface area contributed by atoms with Gasteiger partial charge in [0.05, 0.1) is 22.9 Å². The minimum atomic E-state index is -0.440. The Balaban J connectivity index is 1.94. The Morgan fingerprint density at radius 1 is 1.71 bits per heavy atom. The normalized spacial score (nSPS) is 25.5. The van der Waals surface area contributed by atoms with Crippen LogP contribution >= 0.6 is 22.6 Å². The lowest BCUT2D eigenvalue weighted by atomic mass is 10.4. The molecule has 0 saturated carbocycles. The van der Waals surface area contributed by atoms with Gasteiger partial charge in [-0.25, -0.2) is 0 Å². The SMILES string of the molecule is CC1(C)OCC(Cn2cc(I)cn2)O1. The first kappa shape index (κ1) is 10.4. The monoisotopic (exact) mass is 308 g/mol. The summed E-state index contributed by atoms with van der Waals surface area (Å²) in [6, 6.07) is 0. The Labute approximate surface area is 96.7 Å². The third-order valence-corrected chi connectivity index (χ3v) is 2.62. The largest absolute Gasteiger partial charge is 0.348 e. The van der Waals surface area contributed by atoms with Crippen LogP contribution in [0.2, 0.25) is 0 Å². The van der Waals surface area contributed by atoms with Gasteiger partial charge in [0.15, 0.2) is 5.79 Å². The summed E-state index contributed by atoms with van der Waals surface area (Å²) in [7, 11) is 0. The van der Waals surface area contributed by atoms with Crippen molar-refractivity contribution in [1.29, 1.82) is 0 Å². The predicted octanol–water partition coefficient (Wildman–Crippen LogP) is 1.64. The summed E-state index contributed by atoms with van der Waals surface area (Å²) in [5.41, 5.74) is 0. The molecular weight excluding hydrogens is 295 g/mol. The van der Waals surface area contributed by atoms with E-state index < -0.39 is 5.79 Å². The van der Waals surface area contributed by atoms with Gasteiger partial charge in [0.25, 0.3) is 0 Å². The molecule has 0 spiro atoms. The molecule has 5 heteroatoms. The van der Waals surface area contributed by atoms with Crippen molar-refractivity contribution < 1.29 is 9.47 Å². The van der Waals surface area contributed by atoms with E-state index in [0.717, 1.165) is 10.1 Å². The molecule has 2 heterocycles. The second-order valence-corrected chi connectivity index (χ2v) is 5.08. The fraction of sp³-hybridized carbons (Fsp3) is 0.667. The van der Waals surface area contributed by atoms with Crippen molar-refractivity contribution >= 4 is 22.6 Å². The summed E-state index contributed by atoms with van der Waals surface area (Å²) < 4.78 is 14.2. The summed E-state index contributed by atoms with van der Waals surface area (Å²) in [6.45, 7) is 5.26. The van der Waals surface area contributed by atoms with E-state index in [4.69, 9.17) is 9.47 Å². The number of hydrogen-bond acceptors (Lipinski definition) is 3. The van der Waals surface area contributed by atoms with E-state index in [1.807, 2.05) is 30.9 Å². The summed E-state index contributed by atoms with van der Waals surface area (Å²) in [5.74, 6) is -0.440. The molecule has 1 aliphatic rings. The highest BCUT2D eigenvalue weighted by Crippen LogP contribution is 2.23. The molecule has 1 fully saturated rings. The van der Waals surface area contributed by atoms with Gasteiger partial charge in [-0.2, -0.15) is 5.10 Å². The predicted molar refractivity (Wildman–Crippen MR) is 59.8 cm³/mol. The molecule has 1 aliphatic heterocycles. The van der Waals surface area contributed by atoms with Gasteiger partial charge in [-0.3, -0.25) is 4.68 Å². The van der Waals surface area contributed by atoms with Gasteiger partial charge in [-0.05, 0) is 36.4 Å². The van der Waals surface area contributed by atoms with Gasteiger partial charge in [-0.15, -0.1) is 0 Å². The molecule has 1 aromatic rings. The highest BCUT2D eigenvalue weighted by molar-refractivity contribution is 14.1. The van der Waals surface area contributed by atoms with E-state index in [-0.39, 0.29) is 6.10 Å². The minimum absolute atomic E-state index is 0.112. The number of aromatic nitrogens is 2. The van der Waals surface area contributed by atoms with Crippen LogP contribution in [0.15, 0.2) is 12.4 Å². The molecule has 1 unspecified atom stereocenters. The maximum atomic E-state index is 5.68. The zero-order valence-electron chi connectivity index (χ0n) is 8.24. The average molecular weight is 308 g/mol. The summed E-state index contributed by atoms with van der Waals surface area (Å²) in [4.78, 5) is 0. The Bertz CT molecular complexity index is 324. The molecule has 1 aromatic heterocycles. The van der Waals surface area contributed by atoms with E-state index in [0.29, 0.717) is 6.61 Å². The van der Waals surface area contributed by atoms with Crippen molar-refractivity contribution in [2.45, 2.75) is 32.3 Å². The van der Waals surface area contributed by atoms with Gasteiger partial charge in [0.2, 0.25) is 0 Å². The van der Waals surface area contributed by atoms with Crippen LogP contribution in [0.25, 0.3) is 0 Å². The van der Waals surface area contributed by atoms with Crippen molar-refractivity contribution in [3.8, 4) is 0 Å². The molecule has 14 heavy (non-hydrogen) atoms. The molecule has 1 atom stereocenters. The Morgan fingerprint density at radius 3 is 3.00 bits per heavy atom. The van der Waals surface area contributed by atoms with Gasteiger partial charge in [-0.1, -0.05) is 0 Å². The quantitative estimate of drug-likeness (QED) is 0.779. The lowest BCUT2D eigenvalue weighted by molar-refractivity contribution is -0.139. The first-order valence-corrected chi connectivity index (χ1v) is 5.63. The zero-order valence-corrected chi connectivity index (χ0v) is 10.4. The van der Waals surface area contributed by atoms with Crippen LogP contribution in [0.4, 0.5) is 0 Å². The molecule has 2 rings (SSSR count). The van der Waals surface area contributed by atoms with E-state index in [1.54, 1.807) is 0 Å². The van der Waals surface area contributed by atoms with E-state index in [1.165, 1.54) is 0 Å². The van der Waals surface area contributed by atoms with Gasteiger partial charge in [0, 0.05) is 6.20 Å². The highest BCUT2D eigenvalue weighted by atomic mass is 127. The van der Waals surface area contributed by atoms with Crippen LogP contribution in [-0.2, 0) is 16.0 Å². The standard InChI is InChI=1S/C9H13IN2O2/c1-9(2)13-6-8(14-9)5-12-4-7(10)3-11-12/h3-4,8H,5-6H2,1-2H3. The fourth-order valence-electron chi connectivity index (χ4n) is 1.50. The average Bonchev–Trinajstić information content (AvgIpc) is 2.59. The number of hydrogen-bond donors (Lipinski definition) is 0. The van der Waals surface area contributed by atoms with Crippen LogP contribution in [0.1, 0.15) is 13.8 Å². The van der Waals surface area contributed by atoms with Gasteiger partial charge >= 0.3 is 0 Å². The maximum absolute atomic E-state index is 5.68. The van der Waals surface area contributed by atoms with Crippen LogP contribution in [0.3, 0.4) is 0 Å². The van der Waals surface area contributed by atoms with E-state index in [2.05, 4.69) is 27.7 Å². The third kappa shape index (κ3) is 2.46. The molecule has 0 bridgehead atoms. The van der Waals surface area contributed by atoms with Crippen LogP contribution in [0, 0.1) is 3.57 Å². The number of halogens is 1. The summed E-state index contributed by atoms with van der Waals surface area (Å²) in [6.07, 6.45) is 3.94.